The quantitative estimate of drug-likeness (QED) is 0.747. The molecule has 82 valence electrons. The summed E-state index contributed by atoms with van der Waals surface area (Å²) in [7, 11) is 1.74. The van der Waals surface area contributed by atoms with Gasteiger partial charge in [0.05, 0.1) is 5.69 Å². The number of nitrogens with one attached hydrogen (secondary N) is 1. The lowest BCUT2D eigenvalue weighted by Crippen LogP contribution is -2.51. The van der Waals surface area contributed by atoms with Crippen LogP contribution in [0.5, 0.6) is 0 Å². The van der Waals surface area contributed by atoms with Gasteiger partial charge in [-0.25, -0.2) is 10.1 Å². The molecule has 1 atom stereocenters. The van der Waals surface area contributed by atoms with Crippen LogP contribution in [0.3, 0.4) is 0 Å². The molecule has 1 aliphatic heterocycles. The number of hydrogen-bond donors (Lipinski definition) is 1. The van der Waals surface area contributed by atoms with E-state index in [1.165, 1.54) is 5.01 Å². The lowest BCUT2D eigenvalue weighted by Gasteiger charge is -2.34. The number of hydrazine groups is 1. The van der Waals surface area contributed by atoms with Crippen molar-refractivity contribution in [3.8, 4) is 0 Å². The zero-order valence-electron chi connectivity index (χ0n) is 9.48. The van der Waals surface area contributed by atoms with E-state index in [-0.39, 0.29) is 12.1 Å². The summed E-state index contributed by atoms with van der Waals surface area (Å²) in [6.07, 6.45) is 0.0522. The van der Waals surface area contributed by atoms with Crippen LogP contribution >= 0.6 is 0 Å². The number of hydrogen-bond acceptors (Lipinski definition) is 3. The molecule has 0 bridgehead atoms. The topological polar surface area (TPSA) is 50.2 Å². The van der Waals surface area contributed by atoms with Crippen LogP contribution in [0, 0.1) is 12.8 Å². The SMILES string of the molecule is Cc1cc2n(n1)C(C(C)C)NN(C)C2=O. The maximum absolute atomic E-state index is 11.8. The van der Waals surface area contributed by atoms with E-state index < -0.39 is 0 Å². The molecule has 1 aliphatic rings. The van der Waals surface area contributed by atoms with Gasteiger partial charge < -0.3 is 0 Å². The lowest BCUT2D eigenvalue weighted by molar-refractivity contribution is 0.0467. The van der Waals surface area contributed by atoms with Gasteiger partial charge in [0.1, 0.15) is 11.9 Å². The minimum Gasteiger partial charge on any atom is -0.274 e. The summed E-state index contributed by atoms with van der Waals surface area (Å²) in [6, 6.07) is 1.83. The van der Waals surface area contributed by atoms with Crippen molar-refractivity contribution in [3.63, 3.8) is 0 Å². The number of nitrogens with zero attached hydrogens (tertiary/aromatic N) is 3. The summed E-state index contributed by atoms with van der Waals surface area (Å²) in [6.45, 7) is 6.10. The molecule has 2 rings (SSSR count). The van der Waals surface area contributed by atoms with Gasteiger partial charge in [-0.1, -0.05) is 13.8 Å². The molecule has 0 aromatic carbocycles. The van der Waals surface area contributed by atoms with Gasteiger partial charge in [-0.05, 0) is 18.9 Å². The van der Waals surface area contributed by atoms with Gasteiger partial charge in [0, 0.05) is 7.05 Å². The molecule has 0 saturated carbocycles. The highest BCUT2D eigenvalue weighted by molar-refractivity contribution is 5.92. The van der Waals surface area contributed by atoms with Gasteiger partial charge in [0.15, 0.2) is 0 Å². The van der Waals surface area contributed by atoms with Gasteiger partial charge in [0.25, 0.3) is 5.91 Å². The Hall–Kier alpha value is -1.36. The Labute approximate surface area is 89.0 Å². The first-order valence-electron chi connectivity index (χ1n) is 5.11. The molecule has 1 amide bonds. The number of carbonyl (C=O) groups is 1. The Balaban J connectivity index is 2.49. The van der Waals surface area contributed by atoms with E-state index in [2.05, 4.69) is 24.4 Å². The standard InChI is InChI=1S/C10H16N4O/c1-6(2)9-12-13(4)10(15)8-5-7(3)11-14(8)9/h5-6,9,12H,1-4H3. The van der Waals surface area contributed by atoms with Crippen LogP contribution in [0.15, 0.2) is 6.07 Å². The highest BCUT2D eigenvalue weighted by Crippen LogP contribution is 2.22. The fraction of sp³-hybridized carbons (Fsp3) is 0.600. The van der Waals surface area contributed by atoms with Crippen molar-refractivity contribution in [2.24, 2.45) is 5.92 Å². The number of rotatable bonds is 1. The van der Waals surface area contributed by atoms with Crippen molar-refractivity contribution >= 4 is 5.91 Å². The van der Waals surface area contributed by atoms with Crippen molar-refractivity contribution in [3.05, 3.63) is 17.5 Å². The average Bonchev–Trinajstić information content (AvgIpc) is 2.53. The molecule has 0 saturated heterocycles. The molecule has 5 nitrogen and oxygen atoms in total. The van der Waals surface area contributed by atoms with Crippen LogP contribution in [0.25, 0.3) is 0 Å². The van der Waals surface area contributed by atoms with Crippen LogP contribution in [0.1, 0.15) is 36.2 Å². The van der Waals surface area contributed by atoms with Gasteiger partial charge in [0.2, 0.25) is 0 Å². The molecule has 0 aliphatic carbocycles. The summed E-state index contributed by atoms with van der Waals surface area (Å²) in [4.78, 5) is 11.8. The summed E-state index contributed by atoms with van der Waals surface area (Å²) in [5, 5.41) is 5.87. The fourth-order valence-electron chi connectivity index (χ4n) is 1.80. The molecule has 0 spiro atoms. The average molecular weight is 208 g/mol. The molecule has 15 heavy (non-hydrogen) atoms. The maximum atomic E-state index is 11.8. The molecule has 2 heterocycles. The van der Waals surface area contributed by atoms with Crippen LogP contribution in [0.2, 0.25) is 0 Å². The van der Waals surface area contributed by atoms with Gasteiger partial charge in [-0.2, -0.15) is 5.10 Å². The van der Waals surface area contributed by atoms with Crippen molar-refractivity contribution in [1.29, 1.82) is 0 Å². The first-order valence-corrected chi connectivity index (χ1v) is 5.11. The first kappa shape index (κ1) is 10.2. The molecule has 0 fully saturated rings. The molecule has 5 heteroatoms. The summed E-state index contributed by atoms with van der Waals surface area (Å²) >= 11 is 0. The fourth-order valence-corrected chi connectivity index (χ4v) is 1.80. The van der Waals surface area contributed by atoms with Crippen LogP contribution in [-0.2, 0) is 0 Å². The Morgan fingerprint density at radius 2 is 2.20 bits per heavy atom. The second kappa shape index (κ2) is 3.34. The van der Waals surface area contributed by atoms with E-state index in [1.807, 2.05) is 13.0 Å². The Morgan fingerprint density at radius 3 is 2.80 bits per heavy atom. The van der Waals surface area contributed by atoms with Crippen LogP contribution in [0.4, 0.5) is 0 Å². The maximum Gasteiger partial charge on any atom is 0.286 e. The van der Waals surface area contributed by atoms with Crippen LogP contribution < -0.4 is 5.43 Å². The molecule has 1 aromatic heterocycles. The zero-order valence-corrected chi connectivity index (χ0v) is 9.48. The molecule has 1 N–H and O–H groups in total. The Bertz CT molecular complexity index is 396. The monoisotopic (exact) mass is 208 g/mol. The number of aromatic nitrogens is 2. The van der Waals surface area contributed by atoms with Gasteiger partial charge >= 0.3 is 0 Å². The predicted molar refractivity (Wildman–Crippen MR) is 56.1 cm³/mol. The lowest BCUT2D eigenvalue weighted by atomic mass is 10.1. The van der Waals surface area contributed by atoms with Crippen molar-refractivity contribution in [2.75, 3.05) is 7.05 Å². The van der Waals surface area contributed by atoms with Crippen molar-refractivity contribution < 1.29 is 4.79 Å². The Morgan fingerprint density at radius 1 is 1.53 bits per heavy atom. The van der Waals surface area contributed by atoms with E-state index in [0.717, 1.165) is 5.69 Å². The highest BCUT2D eigenvalue weighted by atomic mass is 16.2. The molecule has 1 aromatic rings. The molecular formula is C10H16N4O. The number of carbonyl (C=O) groups excluding carboxylic acids is 1. The normalized spacial score (nSPS) is 21.0. The van der Waals surface area contributed by atoms with Gasteiger partial charge in [-0.3, -0.25) is 9.80 Å². The highest BCUT2D eigenvalue weighted by Gasteiger charge is 2.31. The minimum atomic E-state index is -0.0347. The van der Waals surface area contributed by atoms with E-state index in [9.17, 15) is 4.79 Å². The van der Waals surface area contributed by atoms with Crippen molar-refractivity contribution in [2.45, 2.75) is 26.9 Å². The number of amides is 1. The number of fused-ring (bicyclic) bond motifs is 1. The smallest absolute Gasteiger partial charge is 0.274 e. The third-order valence-corrected chi connectivity index (χ3v) is 2.60. The van der Waals surface area contributed by atoms with E-state index >= 15 is 0 Å². The van der Waals surface area contributed by atoms with E-state index in [0.29, 0.717) is 11.6 Å². The molecular weight excluding hydrogens is 192 g/mol. The minimum absolute atomic E-state index is 0.0347. The van der Waals surface area contributed by atoms with Gasteiger partial charge in [-0.15, -0.1) is 0 Å². The zero-order chi connectivity index (χ0) is 11.2. The summed E-state index contributed by atoms with van der Waals surface area (Å²) < 4.78 is 1.78. The Kier molecular flexibility index (Phi) is 2.26. The summed E-state index contributed by atoms with van der Waals surface area (Å²) in [5.74, 6) is 0.339. The van der Waals surface area contributed by atoms with E-state index in [4.69, 9.17) is 0 Å². The number of aryl methyl sites for hydroxylation is 1. The predicted octanol–water partition coefficient (Wildman–Crippen LogP) is 0.936. The second-order valence-corrected chi connectivity index (χ2v) is 4.30. The third kappa shape index (κ3) is 1.52. The molecule has 0 radical (unpaired) electrons. The summed E-state index contributed by atoms with van der Waals surface area (Å²) in [5.41, 5.74) is 4.66. The van der Waals surface area contributed by atoms with E-state index in [1.54, 1.807) is 11.7 Å². The van der Waals surface area contributed by atoms with Crippen molar-refractivity contribution in [1.82, 2.24) is 20.2 Å². The third-order valence-electron chi connectivity index (χ3n) is 2.60. The second-order valence-electron chi connectivity index (χ2n) is 4.30. The largest absolute Gasteiger partial charge is 0.286 e. The first-order chi connectivity index (χ1) is 7.00. The molecule has 1 unspecified atom stereocenters. The van der Waals surface area contributed by atoms with Crippen LogP contribution in [-0.4, -0.2) is 27.7 Å².